The molecule has 1 heterocycles. The monoisotopic (exact) mass is 362 g/mol. The van der Waals surface area contributed by atoms with Gasteiger partial charge in [-0.3, -0.25) is 0 Å². The van der Waals surface area contributed by atoms with Gasteiger partial charge in [0.15, 0.2) is 0 Å². The second kappa shape index (κ2) is 8.62. The van der Waals surface area contributed by atoms with Crippen LogP contribution in [0.5, 0.6) is 0 Å². The Bertz CT molecular complexity index is 707. The number of alkyl carbamates (subject to hydrolysis) is 1. The molecule has 7 heteroatoms. The van der Waals surface area contributed by atoms with Crippen molar-refractivity contribution in [2.75, 3.05) is 6.54 Å². The lowest BCUT2D eigenvalue weighted by molar-refractivity contribution is 0.0476. The zero-order valence-electron chi connectivity index (χ0n) is 14.6. The van der Waals surface area contributed by atoms with Gasteiger partial charge in [0.2, 0.25) is 0 Å². The van der Waals surface area contributed by atoms with E-state index in [4.69, 9.17) is 9.47 Å². The van der Waals surface area contributed by atoms with Crippen molar-refractivity contribution in [2.24, 2.45) is 0 Å². The van der Waals surface area contributed by atoms with Crippen LogP contribution in [0.3, 0.4) is 0 Å². The van der Waals surface area contributed by atoms with Gasteiger partial charge in [-0.1, -0.05) is 30.3 Å². The van der Waals surface area contributed by atoms with Gasteiger partial charge < -0.3 is 14.8 Å². The lowest BCUT2D eigenvalue weighted by Gasteiger charge is -2.19. The summed E-state index contributed by atoms with van der Waals surface area (Å²) in [5.41, 5.74) is 0.406. The van der Waals surface area contributed by atoms with E-state index < -0.39 is 17.7 Å². The number of benzene rings is 1. The molecule has 1 aromatic heterocycles. The fourth-order valence-corrected chi connectivity index (χ4v) is 2.71. The molecule has 0 spiro atoms. The molecule has 2 rings (SSSR count). The Morgan fingerprint density at radius 2 is 1.92 bits per heavy atom. The van der Waals surface area contributed by atoms with Crippen molar-refractivity contribution in [1.29, 1.82) is 0 Å². The summed E-state index contributed by atoms with van der Waals surface area (Å²) in [6, 6.07) is 9.49. The Hall–Kier alpha value is -2.41. The standard InChI is InChI=1S/C18H22N2O4S/c1-18(2,3)24-17(22)19-10-9-15-20-11-14(25-15)16(21)23-12-13-7-5-4-6-8-13/h4-8,11H,9-10,12H2,1-3H3,(H,19,22). The van der Waals surface area contributed by atoms with E-state index in [1.165, 1.54) is 17.5 Å². The predicted molar refractivity (Wildman–Crippen MR) is 95.6 cm³/mol. The molecule has 0 bridgehead atoms. The fraction of sp³-hybridized carbons (Fsp3) is 0.389. The number of esters is 1. The number of rotatable bonds is 6. The number of aromatic nitrogens is 1. The first kappa shape index (κ1) is 18.9. The minimum atomic E-state index is -0.527. The average molecular weight is 362 g/mol. The molecule has 134 valence electrons. The lowest BCUT2D eigenvalue weighted by atomic mass is 10.2. The van der Waals surface area contributed by atoms with Crippen LogP contribution in [0.25, 0.3) is 0 Å². The molecule has 1 N–H and O–H groups in total. The van der Waals surface area contributed by atoms with Gasteiger partial charge in [0, 0.05) is 13.0 Å². The van der Waals surface area contributed by atoms with Crippen molar-refractivity contribution in [3.05, 3.63) is 52.0 Å². The molecule has 0 fully saturated rings. The molecule has 0 saturated heterocycles. The van der Waals surface area contributed by atoms with Crippen molar-refractivity contribution in [3.63, 3.8) is 0 Å². The highest BCUT2D eigenvalue weighted by molar-refractivity contribution is 7.13. The molecule has 0 aliphatic carbocycles. The number of carbonyl (C=O) groups is 2. The van der Waals surface area contributed by atoms with Crippen LogP contribution in [0.1, 0.15) is 41.0 Å². The summed E-state index contributed by atoms with van der Waals surface area (Å²) < 4.78 is 10.4. The molecule has 1 aromatic carbocycles. The Kier molecular flexibility index (Phi) is 6.52. The Labute approximate surface area is 151 Å². The van der Waals surface area contributed by atoms with Gasteiger partial charge in [-0.05, 0) is 26.3 Å². The van der Waals surface area contributed by atoms with Crippen molar-refractivity contribution < 1.29 is 19.1 Å². The van der Waals surface area contributed by atoms with Gasteiger partial charge in [0.25, 0.3) is 0 Å². The van der Waals surface area contributed by atoms with Crippen molar-refractivity contribution in [1.82, 2.24) is 10.3 Å². The minimum absolute atomic E-state index is 0.229. The molecule has 0 atom stereocenters. The number of thiazole rings is 1. The van der Waals surface area contributed by atoms with E-state index >= 15 is 0 Å². The van der Waals surface area contributed by atoms with E-state index in [-0.39, 0.29) is 6.61 Å². The molecule has 25 heavy (non-hydrogen) atoms. The zero-order valence-corrected chi connectivity index (χ0v) is 15.4. The van der Waals surface area contributed by atoms with Crippen LogP contribution in [0, 0.1) is 0 Å². The lowest BCUT2D eigenvalue weighted by Crippen LogP contribution is -2.33. The van der Waals surface area contributed by atoms with Crippen LogP contribution in [-0.4, -0.2) is 29.2 Å². The van der Waals surface area contributed by atoms with Crippen LogP contribution in [0.2, 0.25) is 0 Å². The summed E-state index contributed by atoms with van der Waals surface area (Å²) in [6.45, 7) is 6.04. The number of hydrogen-bond donors (Lipinski definition) is 1. The number of hydrogen-bond acceptors (Lipinski definition) is 6. The highest BCUT2D eigenvalue weighted by Crippen LogP contribution is 2.15. The van der Waals surface area contributed by atoms with Gasteiger partial charge in [-0.25, -0.2) is 14.6 Å². The van der Waals surface area contributed by atoms with Gasteiger partial charge in [0.1, 0.15) is 17.1 Å². The fourth-order valence-electron chi connectivity index (χ4n) is 1.90. The Morgan fingerprint density at radius 3 is 2.60 bits per heavy atom. The maximum absolute atomic E-state index is 12.0. The molecule has 0 unspecified atom stereocenters. The summed E-state index contributed by atoms with van der Waals surface area (Å²) in [6.07, 6.45) is 1.56. The van der Waals surface area contributed by atoms with Crippen LogP contribution >= 0.6 is 11.3 Å². The third-order valence-corrected chi connectivity index (χ3v) is 4.01. The van der Waals surface area contributed by atoms with Crippen LogP contribution in [0.4, 0.5) is 4.79 Å². The zero-order chi connectivity index (χ0) is 18.3. The van der Waals surface area contributed by atoms with E-state index in [9.17, 15) is 9.59 Å². The molecule has 0 radical (unpaired) electrons. The third kappa shape index (κ3) is 6.93. The molecule has 1 amide bonds. The molecule has 0 aliphatic rings. The van der Waals surface area contributed by atoms with Gasteiger partial charge >= 0.3 is 12.1 Å². The van der Waals surface area contributed by atoms with Crippen LogP contribution in [0.15, 0.2) is 36.5 Å². The largest absolute Gasteiger partial charge is 0.457 e. The first-order chi connectivity index (χ1) is 11.8. The highest BCUT2D eigenvalue weighted by atomic mass is 32.1. The normalized spacial score (nSPS) is 11.0. The van der Waals surface area contributed by atoms with Crippen molar-refractivity contribution >= 4 is 23.4 Å². The first-order valence-corrected chi connectivity index (χ1v) is 8.78. The third-order valence-electron chi connectivity index (χ3n) is 2.97. The van der Waals surface area contributed by atoms with E-state index in [0.29, 0.717) is 17.8 Å². The number of amides is 1. The molecule has 2 aromatic rings. The Morgan fingerprint density at radius 1 is 1.20 bits per heavy atom. The summed E-state index contributed by atoms with van der Waals surface area (Å²) in [7, 11) is 0. The number of nitrogens with one attached hydrogen (secondary N) is 1. The van der Waals surface area contributed by atoms with Gasteiger partial charge in [0.05, 0.1) is 11.2 Å². The first-order valence-electron chi connectivity index (χ1n) is 7.96. The second-order valence-corrected chi connectivity index (χ2v) is 7.47. The molecule has 0 aliphatic heterocycles. The maximum atomic E-state index is 12.0. The smallest absolute Gasteiger partial charge is 0.407 e. The molecule has 0 saturated carbocycles. The minimum Gasteiger partial charge on any atom is -0.457 e. The summed E-state index contributed by atoms with van der Waals surface area (Å²) >= 11 is 1.26. The molecule has 6 nitrogen and oxygen atoms in total. The highest BCUT2D eigenvalue weighted by Gasteiger charge is 2.16. The number of carbonyl (C=O) groups excluding carboxylic acids is 2. The van der Waals surface area contributed by atoms with Gasteiger partial charge in [-0.15, -0.1) is 11.3 Å². The summed E-state index contributed by atoms with van der Waals surface area (Å²) in [5.74, 6) is -0.396. The van der Waals surface area contributed by atoms with E-state index in [1.807, 2.05) is 30.3 Å². The SMILES string of the molecule is CC(C)(C)OC(=O)NCCc1ncc(C(=O)OCc2ccccc2)s1. The topological polar surface area (TPSA) is 77.5 Å². The summed E-state index contributed by atoms with van der Waals surface area (Å²) in [5, 5.41) is 3.41. The van der Waals surface area contributed by atoms with E-state index in [1.54, 1.807) is 20.8 Å². The average Bonchev–Trinajstić information content (AvgIpc) is 3.01. The van der Waals surface area contributed by atoms with Crippen molar-refractivity contribution in [3.8, 4) is 0 Å². The van der Waals surface area contributed by atoms with Crippen LogP contribution in [-0.2, 0) is 22.5 Å². The molecular weight excluding hydrogens is 340 g/mol. The quantitative estimate of drug-likeness (QED) is 0.795. The Balaban J connectivity index is 1.75. The van der Waals surface area contributed by atoms with Crippen LogP contribution < -0.4 is 5.32 Å². The van der Waals surface area contributed by atoms with Gasteiger partial charge in [-0.2, -0.15) is 0 Å². The van der Waals surface area contributed by atoms with E-state index in [2.05, 4.69) is 10.3 Å². The van der Waals surface area contributed by atoms with Crippen molar-refractivity contribution in [2.45, 2.75) is 39.4 Å². The van der Waals surface area contributed by atoms with E-state index in [0.717, 1.165) is 10.6 Å². The summed E-state index contributed by atoms with van der Waals surface area (Å²) in [4.78, 5) is 28.2. The molecular formula is C18H22N2O4S. The number of ether oxygens (including phenoxy) is 2. The maximum Gasteiger partial charge on any atom is 0.407 e. The predicted octanol–water partition coefficient (Wildman–Crippen LogP) is 3.57. The number of nitrogens with zero attached hydrogens (tertiary/aromatic N) is 1. The second-order valence-electron chi connectivity index (χ2n) is 6.36.